The third-order valence-electron chi connectivity index (χ3n) is 2.74. The summed E-state index contributed by atoms with van der Waals surface area (Å²) in [5.41, 5.74) is 7.33. The number of aryl methyl sites for hydroxylation is 2. The molecule has 2 rings (SSSR count). The van der Waals surface area contributed by atoms with Crippen LogP contribution in [0.25, 0.3) is 0 Å². The summed E-state index contributed by atoms with van der Waals surface area (Å²) >= 11 is 2.87. The van der Waals surface area contributed by atoms with E-state index in [9.17, 15) is 4.39 Å². The topological polar surface area (TPSA) is 51.8 Å². The molecule has 1 atom stereocenters. The van der Waals surface area contributed by atoms with Gasteiger partial charge in [-0.15, -0.1) is 0 Å². The summed E-state index contributed by atoms with van der Waals surface area (Å²) in [5.74, 6) is 0.622. The van der Waals surface area contributed by atoms with E-state index in [1.54, 1.807) is 6.92 Å². The summed E-state index contributed by atoms with van der Waals surface area (Å²) in [6.45, 7) is 5.62. The zero-order valence-corrected chi connectivity index (χ0v) is 12.7. The van der Waals surface area contributed by atoms with Gasteiger partial charge in [0.1, 0.15) is 11.6 Å². The minimum Gasteiger partial charge on any atom is -0.324 e. The number of nitrogens with zero attached hydrogens (tertiary/aromatic N) is 2. The molecular weight excluding hydrogens is 281 g/mol. The molecule has 1 aromatic heterocycles. The first-order chi connectivity index (χ1) is 9.01. The second-order valence-corrected chi connectivity index (χ2v) is 6.40. The van der Waals surface area contributed by atoms with Crippen molar-refractivity contribution in [2.75, 3.05) is 0 Å². The molecule has 0 spiro atoms. The smallest absolute Gasteiger partial charge is 0.174 e. The molecule has 0 aliphatic heterocycles. The molecule has 102 valence electrons. The van der Waals surface area contributed by atoms with Crippen LogP contribution in [0.5, 0.6) is 0 Å². The highest BCUT2D eigenvalue weighted by Crippen LogP contribution is 2.35. The quantitative estimate of drug-likeness (QED) is 0.934. The van der Waals surface area contributed by atoms with Gasteiger partial charge in [0, 0.05) is 17.4 Å². The monoisotopic (exact) mass is 297 g/mol. The molecule has 1 unspecified atom stereocenters. The molecule has 1 aromatic carbocycles. The lowest BCUT2D eigenvalue weighted by Crippen LogP contribution is -2.07. The minimum absolute atomic E-state index is 0.212. The number of hydrogen-bond acceptors (Lipinski definition) is 5. The van der Waals surface area contributed by atoms with Gasteiger partial charge in [0.25, 0.3) is 0 Å². The predicted molar refractivity (Wildman–Crippen MR) is 77.1 cm³/mol. The second kappa shape index (κ2) is 5.98. The maximum Gasteiger partial charge on any atom is 0.174 e. The first kappa shape index (κ1) is 14.4. The Bertz CT molecular complexity index is 581. The van der Waals surface area contributed by atoms with Gasteiger partial charge in [-0.2, -0.15) is 4.37 Å². The number of hydrogen-bond donors (Lipinski definition) is 1. The van der Waals surface area contributed by atoms with Crippen molar-refractivity contribution in [1.82, 2.24) is 9.36 Å². The van der Waals surface area contributed by atoms with Gasteiger partial charge in [-0.25, -0.2) is 9.37 Å². The average Bonchev–Trinajstić information content (AvgIpc) is 2.81. The first-order valence-corrected chi connectivity index (χ1v) is 7.66. The van der Waals surface area contributed by atoms with Crippen LogP contribution < -0.4 is 5.73 Å². The Labute approximate surface area is 120 Å². The number of benzene rings is 1. The van der Waals surface area contributed by atoms with E-state index in [-0.39, 0.29) is 11.9 Å². The first-order valence-electron chi connectivity index (χ1n) is 6.07. The number of nitrogens with two attached hydrogens (primary N) is 1. The third kappa shape index (κ3) is 3.32. The number of halogens is 1. The Balaban J connectivity index is 2.35. The Morgan fingerprint density at radius 1 is 1.47 bits per heavy atom. The standard InChI is InChI=1S/C13H16FN3S2/c1-4-12-16-13(19-17-12)18-11-5-7(2)10(14)6-9(11)8(3)15/h5-6,8H,4,15H2,1-3H3. The maximum absolute atomic E-state index is 13.6. The van der Waals surface area contributed by atoms with Gasteiger partial charge in [-0.3, -0.25) is 0 Å². The molecule has 0 bridgehead atoms. The van der Waals surface area contributed by atoms with Crippen molar-refractivity contribution in [3.63, 3.8) is 0 Å². The lowest BCUT2D eigenvalue weighted by atomic mass is 10.1. The van der Waals surface area contributed by atoms with Crippen LogP contribution in [-0.2, 0) is 6.42 Å². The van der Waals surface area contributed by atoms with E-state index < -0.39 is 0 Å². The largest absolute Gasteiger partial charge is 0.324 e. The molecule has 6 heteroatoms. The summed E-state index contributed by atoms with van der Waals surface area (Å²) < 4.78 is 18.7. The minimum atomic E-state index is -0.219. The van der Waals surface area contributed by atoms with Crippen LogP contribution in [0.15, 0.2) is 21.4 Å². The van der Waals surface area contributed by atoms with E-state index in [2.05, 4.69) is 9.36 Å². The fourth-order valence-electron chi connectivity index (χ4n) is 1.63. The van der Waals surface area contributed by atoms with Crippen LogP contribution in [0.2, 0.25) is 0 Å². The van der Waals surface area contributed by atoms with Crippen molar-refractivity contribution < 1.29 is 4.39 Å². The van der Waals surface area contributed by atoms with Crippen molar-refractivity contribution in [2.24, 2.45) is 5.73 Å². The lowest BCUT2D eigenvalue weighted by molar-refractivity contribution is 0.610. The zero-order valence-electron chi connectivity index (χ0n) is 11.1. The molecular formula is C13H16FN3S2. The summed E-state index contributed by atoms with van der Waals surface area (Å²) in [4.78, 5) is 5.36. The Morgan fingerprint density at radius 3 is 2.79 bits per heavy atom. The molecule has 19 heavy (non-hydrogen) atoms. The van der Waals surface area contributed by atoms with Crippen molar-refractivity contribution in [2.45, 2.75) is 42.5 Å². The van der Waals surface area contributed by atoms with Crippen LogP contribution in [0.4, 0.5) is 4.39 Å². The van der Waals surface area contributed by atoms with Gasteiger partial charge < -0.3 is 5.73 Å². The third-order valence-corrected chi connectivity index (χ3v) is 4.61. The molecule has 3 nitrogen and oxygen atoms in total. The molecule has 0 aliphatic rings. The lowest BCUT2D eigenvalue weighted by Gasteiger charge is -2.12. The van der Waals surface area contributed by atoms with Crippen molar-refractivity contribution in [1.29, 1.82) is 0 Å². The SMILES string of the molecule is CCc1nsc(Sc2cc(C)c(F)cc2C(C)N)n1. The molecule has 0 aliphatic carbocycles. The van der Waals surface area contributed by atoms with Crippen molar-refractivity contribution in [3.8, 4) is 0 Å². The normalized spacial score (nSPS) is 12.7. The van der Waals surface area contributed by atoms with Gasteiger partial charge in [-0.1, -0.05) is 18.7 Å². The van der Waals surface area contributed by atoms with Crippen LogP contribution >= 0.6 is 23.3 Å². The highest BCUT2D eigenvalue weighted by atomic mass is 32.2. The highest BCUT2D eigenvalue weighted by molar-refractivity contribution is 8.01. The number of aromatic nitrogens is 2. The van der Waals surface area contributed by atoms with Crippen molar-refractivity contribution >= 4 is 23.3 Å². The van der Waals surface area contributed by atoms with Gasteiger partial charge >= 0.3 is 0 Å². The van der Waals surface area contributed by atoms with E-state index in [1.165, 1.54) is 29.4 Å². The molecule has 0 saturated carbocycles. The molecule has 0 amide bonds. The van der Waals surface area contributed by atoms with Gasteiger partial charge in [-0.05, 0) is 48.6 Å². The molecule has 0 saturated heterocycles. The highest BCUT2D eigenvalue weighted by Gasteiger charge is 2.14. The van der Waals surface area contributed by atoms with Crippen LogP contribution in [0.1, 0.15) is 36.8 Å². The van der Waals surface area contributed by atoms with Gasteiger partial charge in [0.2, 0.25) is 0 Å². The fourth-order valence-corrected chi connectivity index (χ4v) is 3.60. The Morgan fingerprint density at radius 2 is 2.21 bits per heavy atom. The molecule has 2 aromatic rings. The van der Waals surface area contributed by atoms with E-state index in [1.807, 2.05) is 19.9 Å². The Kier molecular flexibility index (Phi) is 4.54. The van der Waals surface area contributed by atoms with E-state index >= 15 is 0 Å². The van der Waals surface area contributed by atoms with Gasteiger partial charge in [0.05, 0.1) is 0 Å². The maximum atomic E-state index is 13.6. The molecule has 0 fully saturated rings. The molecule has 1 heterocycles. The van der Waals surface area contributed by atoms with E-state index in [0.717, 1.165) is 27.0 Å². The van der Waals surface area contributed by atoms with Crippen LogP contribution in [0.3, 0.4) is 0 Å². The average molecular weight is 297 g/mol. The molecule has 0 radical (unpaired) electrons. The summed E-state index contributed by atoms with van der Waals surface area (Å²) in [7, 11) is 0. The second-order valence-electron chi connectivity index (χ2n) is 4.36. The Hall–Kier alpha value is -0.980. The zero-order chi connectivity index (χ0) is 14.0. The van der Waals surface area contributed by atoms with Crippen LogP contribution in [0, 0.1) is 12.7 Å². The van der Waals surface area contributed by atoms with Gasteiger partial charge in [0.15, 0.2) is 4.34 Å². The van der Waals surface area contributed by atoms with E-state index in [0.29, 0.717) is 5.56 Å². The summed E-state index contributed by atoms with van der Waals surface area (Å²) in [6.07, 6.45) is 0.819. The van der Waals surface area contributed by atoms with Crippen LogP contribution in [-0.4, -0.2) is 9.36 Å². The van der Waals surface area contributed by atoms with Crippen molar-refractivity contribution in [3.05, 3.63) is 34.9 Å². The predicted octanol–water partition coefficient (Wildman–Crippen LogP) is 3.72. The molecule has 2 N–H and O–H groups in total. The summed E-state index contributed by atoms with van der Waals surface area (Å²) in [5, 5.41) is 0. The van der Waals surface area contributed by atoms with E-state index in [4.69, 9.17) is 5.73 Å². The fraction of sp³-hybridized carbons (Fsp3) is 0.385. The summed E-state index contributed by atoms with van der Waals surface area (Å²) in [6, 6.07) is 3.13. The number of rotatable bonds is 4.